The van der Waals surface area contributed by atoms with Gasteiger partial charge in [-0.15, -0.1) is 0 Å². The third-order valence-electron chi connectivity index (χ3n) is 2.99. The number of hydrogen-bond donors (Lipinski definition) is 2. The number of methoxy groups -OCH3 is 1. The second-order valence-electron chi connectivity index (χ2n) is 4.98. The molecule has 0 saturated carbocycles. The van der Waals surface area contributed by atoms with E-state index < -0.39 is 16.1 Å². The van der Waals surface area contributed by atoms with Crippen molar-refractivity contribution in [3.05, 3.63) is 23.8 Å². The van der Waals surface area contributed by atoms with Gasteiger partial charge in [0.05, 0.1) is 29.8 Å². The molecule has 23 heavy (non-hydrogen) atoms. The lowest BCUT2D eigenvalue weighted by Gasteiger charge is -2.16. The minimum Gasteiger partial charge on any atom is -0.385 e. The molecule has 1 unspecified atom stereocenters. The van der Waals surface area contributed by atoms with Crippen LogP contribution in [0.2, 0.25) is 0 Å². The predicted octanol–water partition coefficient (Wildman–Crippen LogP) is 1.59. The summed E-state index contributed by atoms with van der Waals surface area (Å²) in [6.07, 6.45) is 0.775. The van der Waals surface area contributed by atoms with Gasteiger partial charge in [-0.3, -0.25) is 0 Å². The van der Waals surface area contributed by atoms with Gasteiger partial charge in [0, 0.05) is 26.3 Å². The van der Waals surface area contributed by atoms with Gasteiger partial charge in [0.15, 0.2) is 0 Å². The summed E-state index contributed by atoms with van der Waals surface area (Å²) in [5.74, 6) is 0. The van der Waals surface area contributed by atoms with Crippen LogP contribution < -0.4 is 10.0 Å². The summed E-state index contributed by atoms with van der Waals surface area (Å²) in [7, 11) is -2.19. The number of rotatable bonds is 9. The van der Waals surface area contributed by atoms with Crippen LogP contribution in [0.5, 0.6) is 0 Å². The first-order valence-corrected chi connectivity index (χ1v) is 8.59. The van der Waals surface area contributed by atoms with E-state index in [-0.39, 0.29) is 11.3 Å². The number of ether oxygens (including phenoxy) is 1. The van der Waals surface area contributed by atoms with Crippen LogP contribution in [0.1, 0.15) is 25.3 Å². The lowest BCUT2D eigenvalue weighted by Crippen LogP contribution is -2.32. The van der Waals surface area contributed by atoms with E-state index in [0.717, 1.165) is 0 Å². The Kier molecular flexibility index (Phi) is 7.49. The van der Waals surface area contributed by atoms with Crippen molar-refractivity contribution in [3.63, 3.8) is 0 Å². The molecule has 7 nitrogen and oxygen atoms in total. The minimum absolute atomic E-state index is 0.0544. The molecule has 8 heteroatoms. The van der Waals surface area contributed by atoms with Gasteiger partial charge < -0.3 is 10.1 Å². The molecule has 0 amide bonds. The smallest absolute Gasteiger partial charge is 0.242 e. The Balaban J connectivity index is 3.04. The molecule has 0 radical (unpaired) electrons. The van der Waals surface area contributed by atoms with E-state index >= 15 is 0 Å². The van der Waals surface area contributed by atoms with E-state index in [0.29, 0.717) is 30.8 Å². The fourth-order valence-corrected chi connectivity index (χ4v) is 3.33. The summed E-state index contributed by atoms with van der Waals surface area (Å²) in [4.78, 5) is 0.0544. The number of anilines is 1. The van der Waals surface area contributed by atoms with Gasteiger partial charge in [-0.25, -0.2) is 13.1 Å². The van der Waals surface area contributed by atoms with E-state index in [2.05, 4.69) is 10.0 Å². The van der Waals surface area contributed by atoms with Crippen molar-refractivity contribution in [1.82, 2.24) is 4.72 Å². The third kappa shape index (κ3) is 5.87. The molecular weight excluding hydrogens is 316 g/mol. The Morgan fingerprint density at radius 2 is 2.09 bits per heavy atom. The number of sulfonamides is 1. The van der Waals surface area contributed by atoms with Gasteiger partial charge >= 0.3 is 0 Å². The quantitative estimate of drug-likeness (QED) is 0.662. The molecule has 1 aromatic carbocycles. The number of nitrogens with zero attached hydrogens (tertiary/aromatic N) is 2. The van der Waals surface area contributed by atoms with E-state index in [9.17, 15) is 8.42 Å². The molecule has 0 aromatic heterocycles. The summed E-state index contributed by atoms with van der Waals surface area (Å²) in [5.41, 5.74) is 0.722. The first kappa shape index (κ1) is 18.9. The highest BCUT2D eigenvalue weighted by Crippen LogP contribution is 2.23. The third-order valence-corrected chi connectivity index (χ3v) is 4.64. The standard InChI is InChI=1S/C15H20N4O3S/c1-12(6-7-16)19-23(20,21)15-5-4-13(11-17)10-14(15)18-8-3-9-22-2/h4-5,10,12,18-19H,3,6,8-9H2,1-2H3. The van der Waals surface area contributed by atoms with E-state index in [1.54, 1.807) is 14.0 Å². The summed E-state index contributed by atoms with van der Waals surface area (Å²) in [6, 6.07) is 7.74. The Morgan fingerprint density at radius 3 is 2.70 bits per heavy atom. The first-order valence-electron chi connectivity index (χ1n) is 7.11. The maximum atomic E-state index is 12.5. The largest absolute Gasteiger partial charge is 0.385 e. The topological polar surface area (TPSA) is 115 Å². The molecule has 2 N–H and O–H groups in total. The molecule has 0 aliphatic carbocycles. The van der Waals surface area contributed by atoms with Gasteiger partial charge in [0.2, 0.25) is 10.0 Å². The zero-order valence-corrected chi connectivity index (χ0v) is 14.0. The molecule has 1 aromatic rings. The van der Waals surface area contributed by atoms with Crippen molar-refractivity contribution in [3.8, 4) is 12.1 Å². The van der Waals surface area contributed by atoms with Gasteiger partial charge in [0.25, 0.3) is 0 Å². The van der Waals surface area contributed by atoms with Crippen molar-refractivity contribution < 1.29 is 13.2 Å². The number of benzene rings is 1. The summed E-state index contributed by atoms with van der Waals surface area (Å²) in [6.45, 7) is 2.68. The summed E-state index contributed by atoms with van der Waals surface area (Å²) >= 11 is 0. The van der Waals surface area contributed by atoms with E-state index in [4.69, 9.17) is 15.3 Å². The molecule has 0 heterocycles. The maximum absolute atomic E-state index is 12.5. The van der Waals surface area contributed by atoms with Crippen LogP contribution in [0, 0.1) is 22.7 Å². The van der Waals surface area contributed by atoms with Gasteiger partial charge in [-0.2, -0.15) is 10.5 Å². The molecule has 0 bridgehead atoms. The Bertz CT molecular complexity index is 704. The molecule has 1 rings (SSSR count). The van der Waals surface area contributed by atoms with Crippen molar-refractivity contribution in [2.24, 2.45) is 0 Å². The highest BCUT2D eigenvalue weighted by molar-refractivity contribution is 7.89. The average Bonchev–Trinajstić information content (AvgIpc) is 2.51. The van der Waals surface area contributed by atoms with E-state index in [1.807, 2.05) is 12.1 Å². The Hall–Kier alpha value is -2.13. The Morgan fingerprint density at radius 1 is 1.35 bits per heavy atom. The molecular formula is C15H20N4O3S. The van der Waals surface area contributed by atoms with Crippen LogP contribution in [-0.4, -0.2) is 34.7 Å². The predicted molar refractivity (Wildman–Crippen MR) is 86.2 cm³/mol. The van der Waals surface area contributed by atoms with Gasteiger partial charge in [-0.05, 0) is 31.5 Å². The minimum atomic E-state index is -3.78. The first-order chi connectivity index (χ1) is 10.9. The van der Waals surface area contributed by atoms with Crippen LogP contribution in [0.15, 0.2) is 23.1 Å². The van der Waals surface area contributed by atoms with Crippen LogP contribution in [0.4, 0.5) is 5.69 Å². The fourth-order valence-electron chi connectivity index (χ4n) is 1.92. The van der Waals surface area contributed by atoms with E-state index in [1.165, 1.54) is 18.2 Å². The van der Waals surface area contributed by atoms with Crippen LogP contribution in [0.25, 0.3) is 0 Å². The molecule has 124 valence electrons. The molecule has 0 aliphatic heterocycles. The lowest BCUT2D eigenvalue weighted by molar-refractivity contribution is 0.198. The highest BCUT2D eigenvalue weighted by atomic mass is 32.2. The lowest BCUT2D eigenvalue weighted by atomic mass is 10.2. The molecule has 0 aliphatic rings. The second-order valence-corrected chi connectivity index (χ2v) is 6.66. The fraction of sp³-hybridized carbons (Fsp3) is 0.467. The summed E-state index contributed by atoms with van der Waals surface area (Å²) < 4.78 is 32.3. The average molecular weight is 336 g/mol. The van der Waals surface area contributed by atoms with Crippen LogP contribution in [-0.2, 0) is 14.8 Å². The van der Waals surface area contributed by atoms with Crippen molar-refractivity contribution in [1.29, 1.82) is 10.5 Å². The zero-order valence-electron chi connectivity index (χ0n) is 13.2. The molecule has 0 saturated heterocycles. The highest BCUT2D eigenvalue weighted by Gasteiger charge is 2.21. The molecule has 0 spiro atoms. The molecule has 0 fully saturated rings. The monoisotopic (exact) mass is 336 g/mol. The summed E-state index contributed by atoms with van der Waals surface area (Å²) in [5, 5.41) is 20.6. The SMILES string of the molecule is COCCCNc1cc(C#N)ccc1S(=O)(=O)NC(C)CC#N. The van der Waals surface area contributed by atoms with Crippen molar-refractivity contribution in [2.45, 2.75) is 30.7 Å². The van der Waals surface area contributed by atoms with Crippen LogP contribution in [0.3, 0.4) is 0 Å². The zero-order chi connectivity index (χ0) is 17.3. The molecule has 1 atom stereocenters. The Labute approximate surface area is 136 Å². The normalized spacial score (nSPS) is 12.2. The van der Waals surface area contributed by atoms with Crippen molar-refractivity contribution in [2.75, 3.05) is 25.6 Å². The van der Waals surface area contributed by atoms with Gasteiger partial charge in [-0.1, -0.05) is 0 Å². The van der Waals surface area contributed by atoms with Crippen molar-refractivity contribution >= 4 is 15.7 Å². The maximum Gasteiger partial charge on any atom is 0.242 e. The number of nitriles is 2. The van der Waals surface area contributed by atoms with Crippen LogP contribution >= 0.6 is 0 Å². The second kappa shape index (κ2) is 9.11. The number of hydrogen-bond acceptors (Lipinski definition) is 6. The van der Waals surface area contributed by atoms with Gasteiger partial charge in [0.1, 0.15) is 4.90 Å². The number of nitrogens with one attached hydrogen (secondary N) is 2.